The lowest BCUT2D eigenvalue weighted by Gasteiger charge is -2.22. The monoisotopic (exact) mass is 351 g/mol. The largest absolute Gasteiger partial charge is 0.459 e. The lowest BCUT2D eigenvalue weighted by Crippen LogP contribution is -2.45. The molecule has 2 atom stereocenters. The van der Waals surface area contributed by atoms with Crippen molar-refractivity contribution in [3.05, 3.63) is 77.9 Å². The van der Waals surface area contributed by atoms with Gasteiger partial charge in [0, 0.05) is 6.08 Å². The Hall–Kier alpha value is -2.88. The van der Waals surface area contributed by atoms with Gasteiger partial charge in [0.25, 0.3) is 0 Å². The minimum Gasteiger partial charge on any atom is -0.459 e. The van der Waals surface area contributed by atoms with Crippen LogP contribution in [0.4, 0.5) is 0 Å². The second kappa shape index (κ2) is 10.2. The molecule has 0 spiro atoms. The maximum atomic E-state index is 12.5. The van der Waals surface area contributed by atoms with Gasteiger partial charge in [-0.05, 0) is 23.1 Å². The summed E-state index contributed by atoms with van der Waals surface area (Å²) in [6, 6.07) is 18.4. The molecule has 1 amide bonds. The van der Waals surface area contributed by atoms with E-state index in [9.17, 15) is 9.59 Å². The van der Waals surface area contributed by atoms with Gasteiger partial charge in [0.15, 0.2) is 0 Å². The summed E-state index contributed by atoms with van der Waals surface area (Å²) in [5.41, 5.74) is 1.84. The van der Waals surface area contributed by atoms with Crippen molar-refractivity contribution in [3.8, 4) is 0 Å². The van der Waals surface area contributed by atoms with Crippen LogP contribution in [0.25, 0.3) is 6.08 Å². The van der Waals surface area contributed by atoms with E-state index in [0.29, 0.717) is 0 Å². The van der Waals surface area contributed by atoms with E-state index >= 15 is 0 Å². The Bertz CT molecular complexity index is 726. The fraction of sp³-hybridized carbons (Fsp3) is 0.273. The van der Waals surface area contributed by atoms with Crippen molar-refractivity contribution < 1.29 is 14.3 Å². The first-order chi connectivity index (χ1) is 12.6. The number of hydrogen-bond donors (Lipinski definition) is 1. The van der Waals surface area contributed by atoms with Gasteiger partial charge in [-0.1, -0.05) is 80.9 Å². The van der Waals surface area contributed by atoms with Crippen molar-refractivity contribution in [2.24, 2.45) is 5.92 Å². The zero-order valence-electron chi connectivity index (χ0n) is 15.2. The molecule has 4 nitrogen and oxygen atoms in total. The average Bonchev–Trinajstić information content (AvgIpc) is 2.69. The number of amides is 1. The number of benzene rings is 2. The molecule has 0 aromatic heterocycles. The fourth-order valence-corrected chi connectivity index (χ4v) is 2.43. The van der Waals surface area contributed by atoms with E-state index in [2.05, 4.69) is 5.32 Å². The first kappa shape index (κ1) is 19.4. The molecule has 0 aliphatic carbocycles. The van der Waals surface area contributed by atoms with E-state index in [4.69, 9.17) is 4.74 Å². The Labute approximate surface area is 154 Å². The summed E-state index contributed by atoms with van der Waals surface area (Å²) >= 11 is 0. The molecule has 1 N–H and O–H groups in total. The number of carbonyl (C=O) groups excluding carboxylic acids is 2. The molecule has 0 saturated heterocycles. The minimum absolute atomic E-state index is 0.0210. The normalized spacial score (nSPS) is 13.2. The van der Waals surface area contributed by atoms with Crippen LogP contribution in [-0.2, 0) is 20.9 Å². The first-order valence-corrected chi connectivity index (χ1v) is 8.84. The zero-order chi connectivity index (χ0) is 18.8. The highest BCUT2D eigenvalue weighted by atomic mass is 16.5. The summed E-state index contributed by atoms with van der Waals surface area (Å²) in [5, 5.41) is 2.77. The van der Waals surface area contributed by atoms with E-state index < -0.39 is 12.0 Å². The number of ether oxygens (including phenoxy) is 1. The molecule has 26 heavy (non-hydrogen) atoms. The maximum Gasteiger partial charge on any atom is 0.329 e. The van der Waals surface area contributed by atoms with E-state index in [1.807, 2.05) is 74.5 Å². The number of carbonyl (C=O) groups is 2. The molecule has 4 heteroatoms. The number of esters is 1. The highest BCUT2D eigenvalue weighted by Gasteiger charge is 2.26. The van der Waals surface area contributed by atoms with Crippen LogP contribution < -0.4 is 5.32 Å². The maximum absolute atomic E-state index is 12.5. The summed E-state index contributed by atoms with van der Waals surface area (Å²) in [5.74, 6) is -0.743. The van der Waals surface area contributed by atoms with Crippen molar-refractivity contribution in [2.75, 3.05) is 0 Å². The minimum atomic E-state index is -0.670. The van der Waals surface area contributed by atoms with E-state index in [1.165, 1.54) is 6.08 Å². The van der Waals surface area contributed by atoms with Crippen LogP contribution in [0.5, 0.6) is 0 Å². The van der Waals surface area contributed by atoms with Crippen molar-refractivity contribution in [3.63, 3.8) is 0 Å². The van der Waals surface area contributed by atoms with Crippen LogP contribution in [-0.4, -0.2) is 17.9 Å². The molecule has 0 bridgehead atoms. The Kier molecular flexibility index (Phi) is 7.62. The quantitative estimate of drug-likeness (QED) is 0.578. The fourth-order valence-electron chi connectivity index (χ4n) is 2.43. The summed E-state index contributed by atoms with van der Waals surface area (Å²) in [6.07, 6.45) is 3.92. The van der Waals surface area contributed by atoms with Gasteiger partial charge in [0.2, 0.25) is 5.91 Å². The van der Waals surface area contributed by atoms with Gasteiger partial charge in [0.1, 0.15) is 12.6 Å². The third kappa shape index (κ3) is 6.20. The smallest absolute Gasteiger partial charge is 0.329 e. The molecule has 2 unspecified atom stereocenters. The molecular formula is C22H25NO3. The van der Waals surface area contributed by atoms with Crippen LogP contribution in [0, 0.1) is 5.92 Å². The van der Waals surface area contributed by atoms with Gasteiger partial charge in [0.05, 0.1) is 0 Å². The van der Waals surface area contributed by atoms with E-state index in [1.54, 1.807) is 6.08 Å². The van der Waals surface area contributed by atoms with E-state index in [-0.39, 0.29) is 18.4 Å². The van der Waals surface area contributed by atoms with Gasteiger partial charge < -0.3 is 10.1 Å². The zero-order valence-corrected chi connectivity index (χ0v) is 15.2. The van der Waals surface area contributed by atoms with E-state index in [0.717, 1.165) is 17.5 Å². The van der Waals surface area contributed by atoms with Crippen molar-refractivity contribution >= 4 is 18.0 Å². The molecule has 0 aliphatic heterocycles. The van der Waals surface area contributed by atoms with Crippen LogP contribution in [0.15, 0.2) is 66.7 Å². The molecule has 136 valence electrons. The number of hydrogen-bond acceptors (Lipinski definition) is 3. The van der Waals surface area contributed by atoms with Crippen LogP contribution in [0.2, 0.25) is 0 Å². The van der Waals surface area contributed by atoms with Crippen molar-refractivity contribution in [1.82, 2.24) is 5.32 Å². The van der Waals surface area contributed by atoms with Crippen LogP contribution in [0.1, 0.15) is 31.4 Å². The molecule has 0 radical (unpaired) electrons. The Morgan fingerprint density at radius 1 is 1.04 bits per heavy atom. The highest BCUT2D eigenvalue weighted by Crippen LogP contribution is 2.11. The average molecular weight is 351 g/mol. The van der Waals surface area contributed by atoms with Gasteiger partial charge in [-0.15, -0.1) is 0 Å². The molecule has 0 heterocycles. The Morgan fingerprint density at radius 2 is 1.65 bits per heavy atom. The lowest BCUT2D eigenvalue weighted by molar-refractivity contribution is -0.150. The summed E-state index contributed by atoms with van der Waals surface area (Å²) < 4.78 is 5.40. The summed E-state index contributed by atoms with van der Waals surface area (Å²) in [7, 11) is 0. The van der Waals surface area contributed by atoms with Crippen molar-refractivity contribution in [1.29, 1.82) is 0 Å². The number of nitrogens with one attached hydrogen (secondary N) is 1. The summed E-state index contributed by atoms with van der Waals surface area (Å²) in [4.78, 5) is 24.7. The predicted octanol–water partition coefficient (Wildman–Crippen LogP) is 3.97. The molecule has 0 fully saturated rings. The van der Waals surface area contributed by atoms with Gasteiger partial charge in [-0.25, -0.2) is 4.79 Å². The first-order valence-electron chi connectivity index (χ1n) is 8.84. The predicted molar refractivity (Wildman–Crippen MR) is 103 cm³/mol. The molecular weight excluding hydrogens is 326 g/mol. The van der Waals surface area contributed by atoms with Crippen molar-refractivity contribution in [2.45, 2.75) is 32.9 Å². The van der Waals surface area contributed by atoms with Gasteiger partial charge in [-0.2, -0.15) is 0 Å². The van der Waals surface area contributed by atoms with Crippen LogP contribution in [0.3, 0.4) is 0 Å². The second-order valence-corrected chi connectivity index (χ2v) is 6.21. The molecule has 2 rings (SSSR count). The standard InChI is InChI=1S/C22H25NO3/c1-3-17(2)21(22(25)26-16-19-12-8-5-9-13-19)23-20(24)15-14-18-10-6-4-7-11-18/h4-15,17,21H,3,16H2,1-2H3,(H,23,24)/b15-14+. The molecule has 0 aliphatic rings. The lowest BCUT2D eigenvalue weighted by atomic mass is 9.99. The topological polar surface area (TPSA) is 55.4 Å². The Balaban J connectivity index is 1.96. The third-order valence-corrected chi connectivity index (χ3v) is 4.22. The van der Waals surface area contributed by atoms with Gasteiger partial charge >= 0.3 is 5.97 Å². The molecule has 0 saturated carbocycles. The number of rotatable bonds is 8. The molecule has 2 aromatic carbocycles. The highest BCUT2D eigenvalue weighted by molar-refractivity contribution is 5.94. The SMILES string of the molecule is CCC(C)C(NC(=O)/C=C/c1ccccc1)C(=O)OCc1ccccc1. The summed E-state index contributed by atoms with van der Waals surface area (Å²) in [6.45, 7) is 4.10. The Morgan fingerprint density at radius 3 is 2.27 bits per heavy atom. The molecule has 2 aromatic rings. The third-order valence-electron chi connectivity index (χ3n) is 4.22. The van der Waals surface area contributed by atoms with Gasteiger partial charge in [-0.3, -0.25) is 4.79 Å². The second-order valence-electron chi connectivity index (χ2n) is 6.21. The van der Waals surface area contributed by atoms with Crippen LogP contribution >= 0.6 is 0 Å².